The second-order valence-electron chi connectivity index (χ2n) is 11.7. The van der Waals surface area contributed by atoms with Gasteiger partial charge in [-0.3, -0.25) is 13.9 Å². The number of carbonyl (C=O) groups excluding carboxylic acids is 2. The predicted molar refractivity (Wildman–Crippen MR) is 196 cm³/mol. The van der Waals surface area contributed by atoms with Gasteiger partial charge in [-0.2, -0.15) is 0 Å². The van der Waals surface area contributed by atoms with Gasteiger partial charge >= 0.3 is 0 Å². The Bertz CT molecular complexity index is 1870. The average molecular weight is 722 g/mol. The number of hydrogen-bond donors (Lipinski definition) is 1. The number of halogens is 1. The second-order valence-corrected chi connectivity index (χ2v) is 14.0. The average Bonchev–Trinajstić information content (AvgIpc) is 3.12. The van der Waals surface area contributed by atoms with Gasteiger partial charge in [0.2, 0.25) is 11.8 Å². The Balaban J connectivity index is 1.87. The smallest absolute Gasteiger partial charge is 0.265 e. The van der Waals surface area contributed by atoms with Gasteiger partial charge in [0, 0.05) is 30.6 Å². The van der Waals surface area contributed by atoms with Gasteiger partial charge in [-0.25, -0.2) is 8.42 Å². The molecule has 0 aromatic heterocycles. The summed E-state index contributed by atoms with van der Waals surface area (Å²) >= 11 is 6.40. The molecule has 0 spiro atoms. The largest absolute Gasteiger partial charge is 0.495 e. The number of nitrogens with one attached hydrogen (secondary N) is 1. The van der Waals surface area contributed by atoms with E-state index in [1.54, 1.807) is 6.07 Å². The second kappa shape index (κ2) is 17.8. The molecule has 0 saturated heterocycles. The van der Waals surface area contributed by atoms with E-state index in [9.17, 15) is 18.0 Å². The Morgan fingerprint density at radius 1 is 0.820 bits per heavy atom. The summed E-state index contributed by atoms with van der Waals surface area (Å²) in [7, 11) is -0.236. The van der Waals surface area contributed by atoms with Gasteiger partial charge < -0.3 is 24.4 Å². The zero-order valence-electron chi connectivity index (χ0n) is 29.0. The highest BCUT2D eigenvalue weighted by Gasteiger charge is 2.36. The van der Waals surface area contributed by atoms with E-state index in [4.69, 9.17) is 25.8 Å². The molecule has 4 rings (SSSR count). The molecule has 0 aliphatic carbocycles. The van der Waals surface area contributed by atoms with E-state index < -0.39 is 28.5 Å². The highest BCUT2D eigenvalue weighted by molar-refractivity contribution is 7.92. The first kappa shape index (κ1) is 38.1. The minimum atomic E-state index is -4.48. The van der Waals surface area contributed by atoms with Crippen molar-refractivity contribution in [3.63, 3.8) is 0 Å². The maximum Gasteiger partial charge on any atom is 0.265 e. The molecule has 0 aliphatic rings. The van der Waals surface area contributed by atoms with Crippen LogP contribution in [0.2, 0.25) is 5.02 Å². The molecule has 0 heterocycles. The summed E-state index contributed by atoms with van der Waals surface area (Å²) < 4.78 is 46.4. The number of aryl methyl sites for hydroxylation is 1. The molecular formula is C38H44ClN3O7S. The van der Waals surface area contributed by atoms with Crippen LogP contribution >= 0.6 is 11.6 Å². The molecule has 1 N–H and O–H groups in total. The summed E-state index contributed by atoms with van der Waals surface area (Å²) in [6, 6.07) is 24.8. The first-order chi connectivity index (χ1) is 24.0. The number of amides is 2. The van der Waals surface area contributed by atoms with Gasteiger partial charge in [0.15, 0.2) is 11.5 Å². The minimum Gasteiger partial charge on any atom is -0.495 e. The standard InChI is InChI=1S/C38H44ClN3O7S/c1-6-7-20-40-38(44)33(22-28-13-9-8-10-14-28)41(25-29-15-11-12-27(2)21-29)37(43)26-42(32-23-30(39)16-18-34(32)47-3)50(45,46)31-17-19-35(48-4)36(24-31)49-5/h8-19,21,23-24,33H,6-7,20,22,25-26H2,1-5H3,(H,40,44). The van der Waals surface area contributed by atoms with Crippen molar-refractivity contribution in [1.82, 2.24) is 10.2 Å². The number of ether oxygens (including phenoxy) is 3. The van der Waals surface area contributed by atoms with E-state index in [-0.39, 0.29) is 46.0 Å². The summed E-state index contributed by atoms with van der Waals surface area (Å²) in [6.07, 6.45) is 1.85. The summed E-state index contributed by atoms with van der Waals surface area (Å²) in [5, 5.41) is 3.23. The van der Waals surface area contributed by atoms with Gasteiger partial charge in [-0.1, -0.05) is 85.1 Å². The Kier molecular flexibility index (Phi) is 13.5. The summed E-state index contributed by atoms with van der Waals surface area (Å²) in [5.74, 6) is -0.251. The molecule has 0 aliphatic heterocycles. The van der Waals surface area contributed by atoms with E-state index in [1.807, 2.05) is 68.4 Å². The van der Waals surface area contributed by atoms with Crippen LogP contribution < -0.4 is 23.8 Å². The van der Waals surface area contributed by atoms with Crippen molar-refractivity contribution in [2.24, 2.45) is 0 Å². The lowest BCUT2D eigenvalue weighted by Crippen LogP contribution is -2.53. The summed E-state index contributed by atoms with van der Waals surface area (Å²) in [4.78, 5) is 30.1. The van der Waals surface area contributed by atoms with Crippen molar-refractivity contribution < 1.29 is 32.2 Å². The number of sulfonamides is 1. The number of carbonyl (C=O) groups is 2. The van der Waals surface area contributed by atoms with Gasteiger partial charge in [-0.15, -0.1) is 0 Å². The Labute approximate surface area is 300 Å². The lowest BCUT2D eigenvalue weighted by molar-refractivity contribution is -0.140. The maximum atomic E-state index is 14.8. The summed E-state index contributed by atoms with van der Waals surface area (Å²) in [6.45, 7) is 3.78. The zero-order chi connectivity index (χ0) is 36.3. The number of hydrogen-bond acceptors (Lipinski definition) is 7. The molecule has 1 unspecified atom stereocenters. The Morgan fingerprint density at radius 3 is 2.16 bits per heavy atom. The molecule has 0 bridgehead atoms. The zero-order valence-corrected chi connectivity index (χ0v) is 30.6. The van der Waals surface area contributed by atoms with Crippen LogP contribution in [0.1, 0.15) is 36.5 Å². The lowest BCUT2D eigenvalue weighted by Gasteiger charge is -2.34. The van der Waals surface area contributed by atoms with Crippen molar-refractivity contribution >= 4 is 39.1 Å². The normalized spacial score (nSPS) is 11.7. The highest BCUT2D eigenvalue weighted by atomic mass is 35.5. The molecule has 10 nitrogen and oxygen atoms in total. The molecule has 1 atom stereocenters. The van der Waals surface area contributed by atoms with E-state index >= 15 is 0 Å². The highest BCUT2D eigenvalue weighted by Crippen LogP contribution is 2.37. The number of nitrogens with zero attached hydrogens (tertiary/aromatic N) is 2. The first-order valence-corrected chi connectivity index (χ1v) is 18.1. The van der Waals surface area contributed by atoms with Gasteiger partial charge in [0.1, 0.15) is 18.3 Å². The van der Waals surface area contributed by atoms with Crippen LogP contribution in [0.3, 0.4) is 0 Å². The Morgan fingerprint density at radius 2 is 1.50 bits per heavy atom. The third kappa shape index (κ3) is 9.48. The van der Waals surface area contributed by atoms with Crippen molar-refractivity contribution in [2.45, 2.75) is 50.6 Å². The molecule has 0 radical (unpaired) electrons. The lowest BCUT2D eigenvalue weighted by atomic mass is 10.0. The number of unbranched alkanes of at least 4 members (excludes halogenated alkanes) is 1. The quantitative estimate of drug-likeness (QED) is 0.125. The van der Waals surface area contributed by atoms with Crippen LogP contribution in [0.15, 0.2) is 95.9 Å². The van der Waals surface area contributed by atoms with Crippen LogP contribution in [0.25, 0.3) is 0 Å². The molecule has 0 fully saturated rings. The van der Waals surface area contributed by atoms with E-state index in [1.165, 1.54) is 56.6 Å². The minimum absolute atomic E-state index is 0.0469. The molecule has 4 aromatic rings. The van der Waals surface area contributed by atoms with Crippen molar-refractivity contribution in [2.75, 3.05) is 38.7 Å². The maximum absolute atomic E-state index is 14.8. The SMILES string of the molecule is CCCCNC(=O)C(Cc1ccccc1)N(Cc1cccc(C)c1)C(=O)CN(c1cc(Cl)ccc1OC)S(=O)(=O)c1ccc(OC)c(OC)c1. The molecule has 266 valence electrons. The van der Waals surface area contributed by atoms with Crippen LogP contribution in [-0.4, -0.2) is 65.6 Å². The third-order valence-electron chi connectivity index (χ3n) is 8.17. The number of methoxy groups -OCH3 is 3. The number of benzene rings is 4. The van der Waals surface area contributed by atoms with Crippen LogP contribution in [0, 0.1) is 6.92 Å². The third-order valence-corrected chi connectivity index (χ3v) is 10.2. The first-order valence-electron chi connectivity index (χ1n) is 16.3. The molecule has 0 saturated carbocycles. The fraction of sp³-hybridized carbons (Fsp3) is 0.316. The van der Waals surface area contributed by atoms with Crippen molar-refractivity contribution in [3.05, 3.63) is 113 Å². The predicted octanol–water partition coefficient (Wildman–Crippen LogP) is 6.43. The summed E-state index contributed by atoms with van der Waals surface area (Å²) in [5.41, 5.74) is 2.65. The van der Waals surface area contributed by atoms with E-state index in [0.29, 0.717) is 12.3 Å². The molecule has 2 amide bonds. The van der Waals surface area contributed by atoms with E-state index in [0.717, 1.165) is 33.8 Å². The van der Waals surface area contributed by atoms with Crippen molar-refractivity contribution in [3.8, 4) is 17.2 Å². The number of rotatable bonds is 17. The van der Waals surface area contributed by atoms with Gasteiger partial charge in [0.25, 0.3) is 10.0 Å². The molecular weight excluding hydrogens is 678 g/mol. The topological polar surface area (TPSA) is 114 Å². The molecule has 4 aromatic carbocycles. The van der Waals surface area contributed by atoms with Crippen LogP contribution in [-0.2, 0) is 32.6 Å². The fourth-order valence-corrected chi connectivity index (χ4v) is 7.14. The van der Waals surface area contributed by atoms with Gasteiger partial charge in [-0.05, 0) is 54.8 Å². The Hall–Kier alpha value is -4.74. The van der Waals surface area contributed by atoms with Crippen molar-refractivity contribution in [1.29, 1.82) is 0 Å². The molecule has 12 heteroatoms. The van der Waals surface area contributed by atoms with Crippen LogP contribution in [0.5, 0.6) is 17.2 Å². The number of anilines is 1. The van der Waals surface area contributed by atoms with Gasteiger partial charge in [0.05, 0.1) is 31.9 Å². The fourth-order valence-electron chi connectivity index (χ4n) is 5.54. The molecule has 50 heavy (non-hydrogen) atoms. The van der Waals surface area contributed by atoms with Crippen LogP contribution in [0.4, 0.5) is 5.69 Å². The van der Waals surface area contributed by atoms with E-state index in [2.05, 4.69) is 5.32 Å². The monoisotopic (exact) mass is 721 g/mol.